The molecule has 2 saturated heterocycles. The van der Waals surface area contributed by atoms with Gasteiger partial charge in [-0.15, -0.1) is 0 Å². The van der Waals surface area contributed by atoms with E-state index in [9.17, 15) is 0 Å². The highest BCUT2D eigenvalue weighted by Gasteiger charge is 2.36. The van der Waals surface area contributed by atoms with Gasteiger partial charge in [0.25, 0.3) is 0 Å². The highest BCUT2D eigenvalue weighted by molar-refractivity contribution is 6.33. The van der Waals surface area contributed by atoms with Crippen LogP contribution in [-0.4, -0.2) is 76.3 Å². The highest BCUT2D eigenvalue weighted by atomic mass is 35.5. The summed E-state index contributed by atoms with van der Waals surface area (Å²) in [7, 11) is 0. The molecule has 0 radical (unpaired) electrons. The first-order chi connectivity index (χ1) is 19.7. The van der Waals surface area contributed by atoms with Gasteiger partial charge < -0.3 is 14.8 Å². The van der Waals surface area contributed by atoms with Crippen LogP contribution >= 0.6 is 11.6 Å². The van der Waals surface area contributed by atoms with E-state index < -0.39 is 0 Å². The van der Waals surface area contributed by atoms with Gasteiger partial charge in [-0.3, -0.25) is 4.90 Å². The monoisotopic (exact) mass is 566 g/mol. The summed E-state index contributed by atoms with van der Waals surface area (Å²) in [5.74, 6) is 2.73. The molecule has 40 heavy (non-hydrogen) atoms. The number of ether oxygens (including phenoxy) is 2. The lowest BCUT2D eigenvalue weighted by Crippen LogP contribution is -2.59. The Morgan fingerprint density at radius 3 is 1.75 bits per heavy atom. The van der Waals surface area contributed by atoms with Crippen LogP contribution in [0.3, 0.4) is 0 Å². The molecule has 0 amide bonds. The van der Waals surface area contributed by atoms with Crippen LogP contribution in [0.5, 0.6) is 11.5 Å². The van der Waals surface area contributed by atoms with Gasteiger partial charge >= 0.3 is 0 Å². The van der Waals surface area contributed by atoms with Gasteiger partial charge in [0, 0.05) is 44.4 Å². The van der Waals surface area contributed by atoms with Crippen molar-refractivity contribution < 1.29 is 9.47 Å². The van der Waals surface area contributed by atoms with Crippen molar-refractivity contribution in [3.05, 3.63) is 59.6 Å². The molecule has 2 aliphatic heterocycles. The third-order valence-corrected chi connectivity index (χ3v) is 7.75. The summed E-state index contributed by atoms with van der Waals surface area (Å²) in [6.07, 6.45) is 11.1. The zero-order valence-corrected chi connectivity index (χ0v) is 24.1. The van der Waals surface area contributed by atoms with E-state index in [4.69, 9.17) is 31.0 Å². The second kappa shape index (κ2) is 13.9. The van der Waals surface area contributed by atoms with Gasteiger partial charge in [0.15, 0.2) is 0 Å². The Labute approximate surface area is 241 Å². The zero-order valence-electron chi connectivity index (χ0n) is 23.4. The second-order valence-corrected chi connectivity index (χ2v) is 10.4. The van der Waals surface area contributed by atoms with Gasteiger partial charge in [0.2, 0.25) is 11.9 Å². The Hall–Kier alpha value is -3.21. The molecule has 1 N–H and O–H groups in total. The maximum absolute atomic E-state index is 6.54. The average Bonchev–Trinajstić information content (AvgIpc) is 3.00. The second-order valence-electron chi connectivity index (χ2n) is 10.0. The molecule has 1 aromatic carbocycles. The number of likely N-dealkylation sites (tertiary alicyclic amines) is 1. The van der Waals surface area contributed by atoms with Crippen LogP contribution in [0.25, 0.3) is 0 Å². The number of rotatable bonds is 11. The molecule has 0 spiro atoms. The SMILES string of the molecule is CCOc1cc(CN2CCC(N(c3ncccn3)N(c3ncccn3)C3CCNCC3)CC2)cc(OCC)c1Cl. The number of piperidine rings is 2. The van der Waals surface area contributed by atoms with Crippen molar-refractivity contribution in [1.29, 1.82) is 0 Å². The van der Waals surface area contributed by atoms with E-state index in [-0.39, 0.29) is 12.1 Å². The summed E-state index contributed by atoms with van der Waals surface area (Å²) in [5.41, 5.74) is 1.13. The first-order valence-corrected chi connectivity index (χ1v) is 14.7. The predicted octanol–water partition coefficient (Wildman–Crippen LogP) is 4.36. The summed E-state index contributed by atoms with van der Waals surface area (Å²) in [5, 5.41) is 8.55. The number of benzene rings is 1. The van der Waals surface area contributed by atoms with Crippen molar-refractivity contribution in [2.45, 2.75) is 58.2 Å². The number of nitrogens with one attached hydrogen (secondary N) is 1. The van der Waals surface area contributed by atoms with Crippen LogP contribution in [0, 0.1) is 0 Å². The fourth-order valence-corrected chi connectivity index (χ4v) is 5.78. The number of hydrogen-bond donors (Lipinski definition) is 1. The van der Waals surface area contributed by atoms with E-state index in [2.05, 4.69) is 30.2 Å². The molecule has 2 aliphatic rings. The van der Waals surface area contributed by atoms with Crippen LogP contribution in [0.2, 0.25) is 5.02 Å². The summed E-state index contributed by atoms with van der Waals surface area (Å²) >= 11 is 6.54. The minimum Gasteiger partial charge on any atom is -0.492 e. The van der Waals surface area contributed by atoms with Gasteiger partial charge in [0.05, 0.1) is 25.3 Å². The lowest BCUT2D eigenvalue weighted by Gasteiger charge is -2.47. The van der Waals surface area contributed by atoms with E-state index in [0.717, 1.165) is 64.0 Å². The minimum atomic E-state index is 0.209. The van der Waals surface area contributed by atoms with Gasteiger partial charge in [-0.25, -0.2) is 30.0 Å². The average molecular weight is 567 g/mol. The Morgan fingerprint density at radius 1 is 0.800 bits per heavy atom. The normalized spacial score (nSPS) is 17.0. The molecule has 5 rings (SSSR count). The van der Waals surface area contributed by atoms with Crippen molar-refractivity contribution in [2.24, 2.45) is 0 Å². The smallest absolute Gasteiger partial charge is 0.244 e. The maximum atomic E-state index is 6.54. The zero-order chi connectivity index (χ0) is 27.7. The van der Waals surface area contributed by atoms with E-state index in [1.165, 1.54) is 0 Å². The number of hydrogen-bond acceptors (Lipinski definition) is 10. The maximum Gasteiger partial charge on any atom is 0.244 e. The fourth-order valence-electron chi connectivity index (χ4n) is 5.56. The van der Waals surface area contributed by atoms with Gasteiger partial charge in [-0.2, -0.15) is 0 Å². The number of hydrazine groups is 1. The topological polar surface area (TPSA) is 91.8 Å². The Morgan fingerprint density at radius 2 is 1.27 bits per heavy atom. The van der Waals surface area contributed by atoms with E-state index >= 15 is 0 Å². The highest BCUT2D eigenvalue weighted by Crippen LogP contribution is 2.37. The Balaban J connectivity index is 1.36. The summed E-state index contributed by atoms with van der Waals surface area (Å²) in [4.78, 5) is 21.2. The first kappa shape index (κ1) is 28.3. The van der Waals surface area contributed by atoms with Crippen molar-refractivity contribution in [1.82, 2.24) is 30.2 Å². The number of anilines is 2. The van der Waals surface area contributed by atoms with Gasteiger partial charge in [-0.05, 0) is 82.4 Å². The number of nitrogens with zero attached hydrogens (tertiary/aromatic N) is 7. The fraction of sp³-hybridized carbons (Fsp3) is 0.517. The molecular weight excluding hydrogens is 528 g/mol. The third-order valence-electron chi connectivity index (χ3n) is 7.38. The third kappa shape index (κ3) is 6.74. The van der Waals surface area contributed by atoms with Crippen LogP contribution < -0.4 is 24.8 Å². The van der Waals surface area contributed by atoms with Crippen molar-refractivity contribution in [2.75, 3.05) is 49.4 Å². The molecule has 3 aromatic rings. The molecule has 0 aliphatic carbocycles. The molecule has 0 bridgehead atoms. The first-order valence-electron chi connectivity index (χ1n) is 14.3. The standard InChI is InChI=1S/C29H39ClN8O2/c1-3-39-25-19-22(20-26(27(25)30)40-4-2)21-36-17-9-24(10-18-36)38(29-34-13-6-14-35-29)37(23-7-15-31-16-8-23)28-32-11-5-12-33-28/h5-6,11-14,19-20,23-24,31H,3-4,7-10,15-18,21H2,1-2H3. The predicted molar refractivity (Wildman–Crippen MR) is 157 cm³/mol. The van der Waals surface area contributed by atoms with Crippen molar-refractivity contribution in [3.63, 3.8) is 0 Å². The van der Waals surface area contributed by atoms with Crippen LogP contribution in [-0.2, 0) is 6.54 Å². The van der Waals surface area contributed by atoms with Gasteiger partial charge in [0.1, 0.15) is 16.5 Å². The van der Waals surface area contributed by atoms with Gasteiger partial charge in [-0.1, -0.05) is 11.6 Å². The Kier molecular flexibility index (Phi) is 9.85. The number of aromatic nitrogens is 4. The quantitative estimate of drug-likeness (QED) is 0.337. The molecule has 10 nitrogen and oxygen atoms in total. The molecule has 0 unspecified atom stereocenters. The lowest BCUT2D eigenvalue weighted by molar-refractivity contribution is 0.196. The van der Waals surface area contributed by atoms with Crippen LogP contribution in [0.1, 0.15) is 45.1 Å². The van der Waals surface area contributed by atoms with E-state index in [1.807, 2.05) is 62.9 Å². The largest absolute Gasteiger partial charge is 0.492 e. The number of halogens is 1. The van der Waals surface area contributed by atoms with Crippen molar-refractivity contribution >= 4 is 23.5 Å². The van der Waals surface area contributed by atoms with E-state index in [0.29, 0.717) is 41.6 Å². The molecule has 2 fully saturated rings. The summed E-state index contributed by atoms with van der Waals surface area (Å²) < 4.78 is 11.6. The Bertz CT molecular complexity index is 1160. The van der Waals surface area contributed by atoms with Crippen molar-refractivity contribution in [3.8, 4) is 11.5 Å². The lowest BCUT2D eigenvalue weighted by atomic mass is 10.0. The summed E-state index contributed by atoms with van der Waals surface area (Å²) in [6.45, 7) is 9.61. The van der Waals surface area contributed by atoms with E-state index in [1.54, 1.807) is 0 Å². The summed E-state index contributed by atoms with van der Waals surface area (Å²) in [6, 6.07) is 8.26. The molecule has 11 heteroatoms. The minimum absolute atomic E-state index is 0.209. The van der Waals surface area contributed by atoms with Crippen LogP contribution in [0.4, 0.5) is 11.9 Å². The van der Waals surface area contributed by atoms with Crippen LogP contribution in [0.15, 0.2) is 49.1 Å². The molecular formula is C29H39ClN8O2. The molecule has 0 atom stereocenters. The molecule has 214 valence electrons. The molecule has 2 aromatic heterocycles. The molecule has 0 saturated carbocycles. The molecule has 4 heterocycles.